The summed E-state index contributed by atoms with van der Waals surface area (Å²) >= 11 is 3.38. The van der Waals surface area contributed by atoms with Crippen molar-refractivity contribution in [1.29, 1.82) is 0 Å². The van der Waals surface area contributed by atoms with Crippen LogP contribution < -0.4 is 10.1 Å². The number of benzene rings is 1. The molecule has 0 aromatic heterocycles. The Labute approximate surface area is 106 Å². The normalized spacial score (nSPS) is 9.38. The minimum Gasteiger partial charge on any atom is -0.492 e. The number of hydrogen-bond acceptors (Lipinski definition) is 2. The fraction of sp³-hybridized carbons (Fsp3) is 0.385. The SMILES string of the molecule is CC#CCCNCCOc1ccc(Br)cc1. The molecule has 0 radical (unpaired) electrons. The Morgan fingerprint density at radius 2 is 2.00 bits per heavy atom. The number of hydrogen-bond donors (Lipinski definition) is 1. The van der Waals surface area contributed by atoms with Gasteiger partial charge in [0, 0.05) is 24.0 Å². The maximum Gasteiger partial charge on any atom is 0.119 e. The molecule has 1 aromatic carbocycles. The Morgan fingerprint density at radius 3 is 2.69 bits per heavy atom. The van der Waals surface area contributed by atoms with E-state index in [1.54, 1.807) is 0 Å². The summed E-state index contributed by atoms with van der Waals surface area (Å²) in [5, 5.41) is 3.27. The minimum atomic E-state index is 0.682. The summed E-state index contributed by atoms with van der Waals surface area (Å²) in [6, 6.07) is 7.85. The molecule has 0 amide bonds. The Balaban J connectivity index is 2.06. The van der Waals surface area contributed by atoms with Gasteiger partial charge < -0.3 is 10.1 Å². The highest BCUT2D eigenvalue weighted by atomic mass is 79.9. The van der Waals surface area contributed by atoms with E-state index in [9.17, 15) is 0 Å². The predicted octanol–water partition coefficient (Wildman–Crippen LogP) is 2.83. The van der Waals surface area contributed by atoms with E-state index in [4.69, 9.17) is 4.74 Å². The van der Waals surface area contributed by atoms with Crippen LogP contribution in [0.15, 0.2) is 28.7 Å². The highest BCUT2D eigenvalue weighted by Crippen LogP contribution is 2.15. The molecular weight excluding hydrogens is 266 g/mol. The van der Waals surface area contributed by atoms with Crippen molar-refractivity contribution < 1.29 is 4.74 Å². The smallest absolute Gasteiger partial charge is 0.119 e. The first-order valence-corrected chi connectivity index (χ1v) is 6.11. The first-order valence-electron chi connectivity index (χ1n) is 5.31. The van der Waals surface area contributed by atoms with E-state index in [0.29, 0.717) is 6.61 Å². The van der Waals surface area contributed by atoms with Crippen LogP contribution in [0.4, 0.5) is 0 Å². The summed E-state index contributed by atoms with van der Waals surface area (Å²) in [5.41, 5.74) is 0. The average Bonchev–Trinajstić information content (AvgIpc) is 2.30. The van der Waals surface area contributed by atoms with Gasteiger partial charge >= 0.3 is 0 Å². The Morgan fingerprint density at radius 1 is 1.25 bits per heavy atom. The lowest BCUT2D eigenvalue weighted by molar-refractivity contribution is 0.315. The monoisotopic (exact) mass is 281 g/mol. The lowest BCUT2D eigenvalue weighted by Gasteiger charge is -2.06. The molecular formula is C13H16BrNO. The van der Waals surface area contributed by atoms with Gasteiger partial charge in [-0.15, -0.1) is 11.8 Å². The quantitative estimate of drug-likeness (QED) is 0.640. The van der Waals surface area contributed by atoms with Crippen LogP contribution in [0.2, 0.25) is 0 Å². The Hall–Kier alpha value is -0.980. The molecule has 1 N–H and O–H groups in total. The molecule has 0 aliphatic rings. The third kappa shape index (κ3) is 5.79. The third-order valence-electron chi connectivity index (χ3n) is 1.96. The van der Waals surface area contributed by atoms with Crippen LogP contribution in [-0.2, 0) is 0 Å². The van der Waals surface area contributed by atoms with E-state index in [2.05, 4.69) is 33.1 Å². The molecule has 0 saturated carbocycles. The van der Waals surface area contributed by atoms with E-state index in [-0.39, 0.29) is 0 Å². The van der Waals surface area contributed by atoms with E-state index >= 15 is 0 Å². The lowest BCUT2D eigenvalue weighted by Crippen LogP contribution is -2.21. The molecule has 0 aliphatic carbocycles. The molecule has 0 spiro atoms. The van der Waals surface area contributed by atoms with Gasteiger partial charge in [-0.3, -0.25) is 0 Å². The second kappa shape index (κ2) is 8.20. The summed E-state index contributed by atoms with van der Waals surface area (Å²) in [4.78, 5) is 0. The molecule has 2 nitrogen and oxygen atoms in total. The molecule has 0 heterocycles. The largest absolute Gasteiger partial charge is 0.492 e. The van der Waals surface area contributed by atoms with Gasteiger partial charge in [-0.05, 0) is 31.2 Å². The van der Waals surface area contributed by atoms with Crippen LogP contribution in [0.5, 0.6) is 5.75 Å². The minimum absolute atomic E-state index is 0.682. The number of halogens is 1. The first kappa shape index (κ1) is 13.1. The number of ether oxygens (including phenoxy) is 1. The van der Waals surface area contributed by atoms with E-state index in [0.717, 1.165) is 29.7 Å². The summed E-state index contributed by atoms with van der Waals surface area (Å²) < 4.78 is 6.61. The first-order chi connectivity index (χ1) is 7.83. The second-order valence-corrected chi connectivity index (χ2v) is 4.14. The Kier molecular flexibility index (Phi) is 6.71. The molecule has 0 unspecified atom stereocenters. The molecule has 0 atom stereocenters. The van der Waals surface area contributed by atoms with Crippen molar-refractivity contribution in [1.82, 2.24) is 5.32 Å². The van der Waals surface area contributed by atoms with Crippen LogP contribution in [0.3, 0.4) is 0 Å². The molecule has 0 bridgehead atoms. The Bertz CT molecular complexity index is 350. The second-order valence-electron chi connectivity index (χ2n) is 3.23. The van der Waals surface area contributed by atoms with E-state index in [1.807, 2.05) is 31.2 Å². The lowest BCUT2D eigenvalue weighted by atomic mass is 10.3. The van der Waals surface area contributed by atoms with Gasteiger partial charge in [0.2, 0.25) is 0 Å². The molecule has 0 fully saturated rings. The van der Waals surface area contributed by atoms with Crippen LogP contribution in [-0.4, -0.2) is 19.7 Å². The van der Waals surface area contributed by atoms with Crippen molar-refractivity contribution in [3.05, 3.63) is 28.7 Å². The van der Waals surface area contributed by atoms with Gasteiger partial charge in [0.1, 0.15) is 12.4 Å². The molecule has 86 valence electrons. The third-order valence-corrected chi connectivity index (χ3v) is 2.49. The summed E-state index contributed by atoms with van der Waals surface area (Å²) in [5.74, 6) is 6.77. The molecule has 1 aromatic rings. The summed E-state index contributed by atoms with van der Waals surface area (Å²) in [6.45, 7) is 4.31. The highest BCUT2D eigenvalue weighted by Gasteiger charge is 1.92. The maximum absolute atomic E-state index is 5.55. The molecule has 16 heavy (non-hydrogen) atoms. The molecule has 3 heteroatoms. The standard InChI is InChI=1S/C13H16BrNO/c1-2-3-4-9-15-10-11-16-13-7-5-12(14)6-8-13/h5-8,15H,4,9-11H2,1H3. The molecule has 0 saturated heterocycles. The summed E-state index contributed by atoms with van der Waals surface area (Å²) in [7, 11) is 0. The van der Waals surface area contributed by atoms with Crippen molar-refractivity contribution in [2.75, 3.05) is 19.7 Å². The van der Waals surface area contributed by atoms with E-state index in [1.165, 1.54) is 0 Å². The van der Waals surface area contributed by atoms with Crippen LogP contribution in [0.1, 0.15) is 13.3 Å². The van der Waals surface area contributed by atoms with Gasteiger partial charge in [0.15, 0.2) is 0 Å². The van der Waals surface area contributed by atoms with Crippen LogP contribution >= 0.6 is 15.9 Å². The van der Waals surface area contributed by atoms with Gasteiger partial charge in [0.05, 0.1) is 0 Å². The van der Waals surface area contributed by atoms with Gasteiger partial charge in [-0.25, -0.2) is 0 Å². The molecule has 1 rings (SSSR count). The topological polar surface area (TPSA) is 21.3 Å². The van der Waals surface area contributed by atoms with Crippen molar-refractivity contribution >= 4 is 15.9 Å². The van der Waals surface area contributed by atoms with Crippen LogP contribution in [0, 0.1) is 11.8 Å². The van der Waals surface area contributed by atoms with Crippen molar-refractivity contribution in [2.45, 2.75) is 13.3 Å². The zero-order chi connectivity index (χ0) is 11.6. The zero-order valence-corrected chi connectivity index (χ0v) is 11.0. The molecule has 0 aliphatic heterocycles. The van der Waals surface area contributed by atoms with Crippen molar-refractivity contribution in [2.24, 2.45) is 0 Å². The van der Waals surface area contributed by atoms with Crippen molar-refractivity contribution in [3.63, 3.8) is 0 Å². The van der Waals surface area contributed by atoms with Gasteiger partial charge in [-0.2, -0.15) is 0 Å². The predicted molar refractivity (Wildman–Crippen MR) is 70.6 cm³/mol. The van der Waals surface area contributed by atoms with Crippen molar-refractivity contribution in [3.8, 4) is 17.6 Å². The maximum atomic E-state index is 5.55. The average molecular weight is 282 g/mol. The zero-order valence-electron chi connectivity index (χ0n) is 9.42. The fourth-order valence-corrected chi connectivity index (χ4v) is 1.44. The summed E-state index contributed by atoms with van der Waals surface area (Å²) in [6.07, 6.45) is 0.898. The number of rotatable bonds is 6. The fourth-order valence-electron chi connectivity index (χ4n) is 1.17. The highest BCUT2D eigenvalue weighted by molar-refractivity contribution is 9.10. The number of nitrogens with one attached hydrogen (secondary N) is 1. The van der Waals surface area contributed by atoms with Gasteiger partial charge in [-0.1, -0.05) is 15.9 Å². The van der Waals surface area contributed by atoms with Crippen LogP contribution in [0.25, 0.3) is 0 Å². The van der Waals surface area contributed by atoms with E-state index < -0.39 is 0 Å². The van der Waals surface area contributed by atoms with Gasteiger partial charge in [0.25, 0.3) is 0 Å².